The monoisotopic (exact) mass is 446 g/mol. The lowest BCUT2D eigenvalue weighted by Gasteiger charge is -2.35. The largest absolute Gasteiger partial charge is 0.353 e. The summed E-state index contributed by atoms with van der Waals surface area (Å²) in [7, 11) is 0. The Balaban J connectivity index is 1.20. The second kappa shape index (κ2) is 8.43. The third-order valence-electron chi connectivity index (χ3n) is 6.80. The summed E-state index contributed by atoms with van der Waals surface area (Å²) in [4.78, 5) is 40.1. The fourth-order valence-electron chi connectivity index (χ4n) is 4.69. The summed E-state index contributed by atoms with van der Waals surface area (Å²) in [6, 6.07) is 7.96. The highest BCUT2D eigenvalue weighted by molar-refractivity contribution is 6.30. The molecule has 3 aliphatic rings. The molecule has 7 nitrogen and oxygen atoms in total. The zero-order chi connectivity index (χ0) is 22.2. The average molecular weight is 447 g/mol. The number of likely N-dealkylation sites (tertiary alicyclic amines) is 1. The number of piperidine rings is 1. The number of amides is 4. The van der Waals surface area contributed by atoms with Gasteiger partial charge in [0.1, 0.15) is 5.54 Å². The number of urea groups is 1. The Bertz CT molecular complexity index is 858. The highest BCUT2D eigenvalue weighted by Crippen LogP contribution is 2.49. The van der Waals surface area contributed by atoms with E-state index in [2.05, 4.69) is 27.7 Å². The second-order valence-corrected chi connectivity index (χ2v) is 10.1. The molecule has 2 N–H and O–H groups in total. The van der Waals surface area contributed by atoms with Crippen LogP contribution in [0.3, 0.4) is 0 Å². The number of rotatable bonds is 7. The molecular weight excluding hydrogens is 416 g/mol. The van der Waals surface area contributed by atoms with E-state index in [1.54, 1.807) is 13.8 Å². The van der Waals surface area contributed by atoms with Crippen LogP contribution in [0.15, 0.2) is 24.3 Å². The lowest BCUT2D eigenvalue weighted by atomic mass is 9.94. The van der Waals surface area contributed by atoms with Gasteiger partial charge in [0.15, 0.2) is 0 Å². The van der Waals surface area contributed by atoms with Crippen LogP contribution in [-0.4, -0.2) is 65.4 Å². The molecule has 3 fully saturated rings. The molecule has 0 radical (unpaired) electrons. The van der Waals surface area contributed by atoms with Gasteiger partial charge in [0.25, 0.3) is 5.91 Å². The van der Waals surface area contributed by atoms with E-state index in [0.29, 0.717) is 0 Å². The van der Waals surface area contributed by atoms with Crippen molar-refractivity contribution < 1.29 is 14.4 Å². The van der Waals surface area contributed by atoms with Gasteiger partial charge in [-0.05, 0) is 57.2 Å². The predicted molar refractivity (Wildman–Crippen MR) is 119 cm³/mol. The number of halogens is 1. The molecule has 2 heterocycles. The first-order chi connectivity index (χ1) is 14.7. The standard InChI is InChI=1S/C23H31ClN4O3/c1-22(2)20(30)28(21(31)26-22)14-9-19(29)25-18-7-12-27(13-8-18)15-23(10-11-23)16-3-5-17(24)6-4-16/h3-6,18H,7-15H2,1-2H3,(H,25,29)(H,26,31). The van der Waals surface area contributed by atoms with Crippen LogP contribution >= 0.6 is 11.6 Å². The molecule has 31 heavy (non-hydrogen) atoms. The molecule has 1 aliphatic carbocycles. The van der Waals surface area contributed by atoms with Crippen molar-refractivity contribution in [1.82, 2.24) is 20.4 Å². The van der Waals surface area contributed by atoms with Crippen LogP contribution in [0.1, 0.15) is 51.5 Å². The minimum Gasteiger partial charge on any atom is -0.353 e. The maximum absolute atomic E-state index is 12.4. The Kier molecular flexibility index (Phi) is 6.01. The number of hydrogen-bond acceptors (Lipinski definition) is 4. The molecule has 0 bridgehead atoms. The van der Waals surface area contributed by atoms with Crippen molar-refractivity contribution >= 4 is 29.4 Å². The Morgan fingerprint density at radius 1 is 1.16 bits per heavy atom. The molecule has 0 spiro atoms. The highest BCUT2D eigenvalue weighted by atomic mass is 35.5. The van der Waals surface area contributed by atoms with Crippen LogP contribution in [0.2, 0.25) is 5.02 Å². The van der Waals surface area contributed by atoms with E-state index in [4.69, 9.17) is 11.6 Å². The second-order valence-electron chi connectivity index (χ2n) is 9.67. The third-order valence-corrected chi connectivity index (χ3v) is 7.05. The number of nitrogens with zero attached hydrogens (tertiary/aromatic N) is 2. The minimum atomic E-state index is -0.898. The number of benzene rings is 1. The molecule has 4 amide bonds. The molecule has 1 aromatic rings. The van der Waals surface area contributed by atoms with E-state index in [-0.39, 0.29) is 36.2 Å². The molecule has 2 saturated heterocycles. The van der Waals surface area contributed by atoms with Gasteiger partial charge < -0.3 is 15.5 Å². The van der Waals surface area contributed by atoms with Gasteiger partial charge in [-0.3, -0.25) is 14.5 Å². The van der Waals surface area contributed by atoms with Crippen LogP contribution < -0.4 is 10.6 Å². The molecule has 1 aromatic carbocycles. The molecule has 0 unspecified atom stereocenters. The first-order valence-electron chi connectivity index (χ1n) is 11.1. The third kappa shape index (κ3) is 4.88. The molecule has 0 atom stereocenters. The Morgan fingerprint density at radius 3 is 2.35 bits per heavy atom. The summed E-state index contributed by atoms with van der Waals surface area (Å²) in [6.45, 7) is 6.42. The van der Waals surface area contributed by atoms with E-state index < -0.39 is 11.6 Å². The van der Waals surface area contributed by atoms with Crippen molar-refractivity contribution in [2.24, 2.45) is 0 Å². The van der Waals surface area contributed by atoms with Gasteiger partial charge in [-0.2, -0.15) is 0 Å². The predicted octanol–water partition coefficient (Wildman–Crippen LogP) is 2.67. The van der Waals surface area contributed by atoms with Gasteiger partial charge in [0, 0.05) is 49.1 Å². The summed E-state index contributed by atoms with van der Waals surface area (Å²) in [5.41, 5.74) is 0.735. The summed E-state index contributed by atoms with van der Waals surface area (Å²) in [6.07, 6.45) is 4.39. The van der Waals surface area contributed by atoms with E-state index >= 15 is 0 Å². The number of carbonyl (C=O) groups excluding carboxylic acids is 3. The van der Waals surface area contributed by atoms with Gasteiger partial charge in [-0.15, -0.1) is 0 Å². The van der Waals surface area contributed by atoms with Gasteiger partial charge >= 0.3 is 6.03 Å². The van der Waals surface area contributed by atoms with Crippen molar-refractivity contribution in [2.45, 2.75) is 62.9 Å². The number of nitrogens with one attached hydrogen (secondary N) is 2. The quantitative estimate of drug-likeness (QED) is 0.631. The van der Waals surface area contributed by atoms with Crippen molar-refractivity contribution in [2.75, 3.05) is 26.2 Å². The maximum atomic E-state index is 12.4. The van der Waals surface area contributed by atoms with Crippen LogP contribution in [0.25, 0.3) is 0 Å². The fourth-order valence-corrected chi connectivity index (χ4v) is 4.82. The van der Waals surface area contributed by atoms with Gasteiger partial charge in [0.2, 0.25) is 5.91 Å². The molecule has 0 aromatic heterocycles. The SMILES string of the molecule is CC1(C)NC(=O)N(CCC(=O)NC2CCN(CC3(c4ccc(Cl)cc4)CC3)CC2)C1=O. The van der Waals surface area contributed by atoms with Crippen molar-refractivity contribution in [3.63, 3.8) is 0 Å². The summed E-state index contributed by atoms with van der Waals surface area (Å²) >= 11 is 6.03. The zero-order valence-electron chi connectivity index (χ0n) is 18.2. The van der Waals surface area contributed by atoms with Crippen molar-refractivity contribution in [1.29, 1.82) is 0 Å². The van der Waals surface area contributed by atoms with Crippen molar-refractivity contribution in [3.8, 4) is 0 Å². The maximum Gasteiger partial charge on any atom is 0.325 e. The number of imide groups is 1. The lowest BCUT2D eigenvalue weighted by molar-refractivity contribution is -0.130. The average Bonchev–Trinajstić information content (AvgIpc) is 3.46. The smallest absolute Gasteiger partial charge is 0.325 e. The molecule has 2 aliphatic heterocycles. The molecule has 168 valence electrons. The summed E-state index contributed by atoms with van der Waals surface area (Å²) in [5.74, 6) is -0.392. The van der Waals surface area contributed by atoms with E-state index in [1.165, 1.54) is 18.4 Å². The molecular formula is C23H31ClN4O3. The highest BCUT2D eigenvalue weighted by Gasteiger charge is 2.46. The van der Waals surface area contributed by atoms with E-state index in [9.17, 15) is 14.4 Å². The van der Waals surface area contributed by atoms with Crippen LogP contribution in [0.4, 0.5) is 4.79 Å². The molecule has 4 rings (SSSR count). The topological polar surface area (TPSA) is 81.8 Å². The van der Waals surface area contributed by atoms with Gasteiger partial charge in [-0.25, -0.2) is 4.79 Å². The first kappa shape index (κ1) is 22.1. The molecule has 1 saturated carbocycles. The number of carbonyl (C=O) groups is 3. The Hall–Kier alpha value is -2.12. The van der Waals surface area contributed by atoms with Crippen LogP contribution in [-0.2, 0) is 15.0 Å². The van der Waals surface area contributed by atoms with Crippen molar-refractivity contribution in [3.05, 3.63) is 34.9 Å². The van der Waals surface area contributed by atoms with Crippen LogP contribution in [0.5, 0.6) is 0 Å². The summed E-state index contributed by atoms with van der Waals surface area (Å²) in [5, 5.41) is 6.49. The number of hydrogen-bond donors (Lipinski definition) is 2. The Morgan fingerprint density at radius 2 is 1.81 bits per heavy atom. The fraction of sp³-hybridized carbons (Fsp3) is 0.609. The first-order valence-corrected chi connectivity index (χ1v) is 11.5. The normalized spacial score (nSPS) is 23.0. The molecule has 8 heteroatoms. The lowest BCUT2D eigenvalue weighted by Crippen LogP contribution is -2.47. The van der Waals surface area contributed by atoms with Gasteiger partial charge in [0.05, 0.1) is 0 Å². The summed E-state index contributed by atoms with van der Waals surface area (Å²) < 4.78 is 0. The minimum absolute atomic E-state index is 0.108. The van der Waals surface area contributed by atoms with Crippen LogP contribution in [0, 0.1) is 0 Å². The van der Waals surface area contributed by atoms with E-state index in [1.807, 2.05) is 12.1 Å². The van der Waals surface area contributed by atoms with E-state index in [0.717, 1.165) is 42.4 Å². The zero-order valence-corrected chi connectivity index (χ0v) is 19.0. The Labute approximate surface area is 188 Å². The van der Waals surface area contributed by atoms with Gasteiger partial charge in [-0.1, -0.05) is 23.7 Å².